The van der Waals surface area contributed by atoms with Crippen molar-refractivity contribution in [2.24, 2.45) is 5.92 Å². The van der Waals surface area contributed by atoms with Crippen LogP contribution in [-0.2, 0) is 24.1 Å². The lowest BCUT2D eigenvalue weighted by Gasteiger charge is -2.34. The molecule has 0 N–H and O–H groups in total. The predicted octanol–water partition coefficient (Wildman–Crippen LogP) is 3.63. The number of rotatable bonds is 3. The molecule has 1 aromatic heterocycles. The Morgan fingerprint density at radius 1 is 1.22 bits per heavy atom. The van der Waals surface area contributed by atoms with Crippen LogP contribution < -0.4 is 0 Å². The van der Waals surface area contributed by atoms with Crippen LogP contribution in [0.5, 0.6) is 0 Å². The summed E-state index contributed by atoms with van der Waals surface area (Å²) in [6.45, 7) is 3.63. The van der Waals surface area contributed by atoms with E-state index in [2.05, 4.69) is 11.1 Å². The molecule has 5 rings (SSSR count). The van der Waals surface area contributed by atoms with E-state index < -0.39 is 0 Å². The lowest BCUT2D eigenvalue weighted by Crippen LogP contribution is -2.45. The van der Waals surface area contributed by atoms with Gasteiger partial charge in [0.05, 0.1) is 29.9 Å². The molecule has 166 valence electrons. The van der Waals surface area contributed by atoms with Gasteiger partial charge in [-0.1, -0.05) is 12.1 Å². The molecule has 7 heteroatoms. The number of benzene rings is 1. The molecule has 2 saturated heterocycles. The number of aromatic nitrogens is 2. The topological polar surface area (TPSA) is 82.4 Å². The molecule has 2 fully saturated rings. The number of nitriles is 1. The molecule has 32 heavy (non-hydrogen) atoms. The van der Waals surface area contributed by atoms with Crippen LogP contribution in [0.3, 0.4) is 0 Å². The van der Waals surface area contributed by atoms with Gasteiger partial charge in [0.1, 0.15) is 5.82 Å². The first-order valence-corrected chi connectivity index (χ1v) is 11.7. The van der Waals surface area contributed by atoms with Gasteiger partial charge in [0.25, 0.3) is 0 Å². The van der Waals surface area contributed by atoms with Crippen LogP contribution in [0.2, 0.25) is 0 Å². The number of hydrogen-bond donors (Lipinski definition) is 0. The van der Waals surface area contributed by atoms with Gasteiger partial charge in [-0.3, -0.25) is 0 Å². The minimum Gasteiger partial charge on any atom is -0.381 e. The van der Waals surface area contributed by atoms with Crippen molar-refractivity contribution in [1.82, 2.24) is 19.8 Å². The van der Waals surface area contributed by atoms with Gasteiger partial charge < -0.3 is 14.5 Å². The first kappa shape index (κ1) is 20.9. The number of nitrogens with zero attached hydrogens (tertiary/aromatic N) is 5. The van der Waals surface area contributed by atoms with E-state index in [4.69, 9.17) is 9.72 Å². The Kier molecular flexibility index (Phi) is 6.04. The molecule has 0 spiro atoms. The number of fused-ring (bicyclic) bond motifs is 1. The molecule has 4 heterocycles. The van der Waals surface area contributed by atoms with Gasteiger partial charge in [-0.15, -0.1) is 0 Å². The maximum atomic E-state index is 13.5. The van der Waals surface area contributed by atoms with Gasteiger partial charge in [-0.05, 0) is 61.3 Å². The summed E-state index contributed by atoms with van der Waals surface area (Å²) < 4.78 is 5.47. The van der Waals surface area contributed by atoms with Gasteiger partial charge in [-0.25, -0.2) is 14.8 Å². The molecule has 0 saturated carbocycles. The van der Waals surface area contributed by atoms with Gasteiger partial charge in [-0.2, -0.15) is 5.26 Å². The molecule has 2 aromatic rings. The average molecular weight is 432 g/mol. The van der Waals surface area contributed by atoms with E-state index in [0.717, 1.165) is 80.9 Å². The summed E-state index contributed by atoms with van der Waals surface area (Å²) in [7, 11) is 0. The van der Waals surface area contributed by atoms with Crippen LogP contribution in [-0.4, -0.2) is 52.1 Å². The Hall–Kier alpha value is -2.98. The third kappa shape index (κ3) is 4.33. The number of urea groups is 1. The zero-order valence-corrected chi connectivity index (χ0v) is 18.4. The third-order valence-electron chi connectivity index (χ3n) is 6.98. The molecular formula is C25H29N5O2. The number of ether oxygens (including phenoxy) is 1. The van der Waals surface area contributed by atoms with E-state index >= 15 is 0 Å². The van der Waals surface area contributed by atoms with Crippen molar-refractivity contribution in [2.45, 2.75) is 51.1 Å². The molecule has 1 atom stereocenters. The zero-order valence-electron chi connectivity index (χ0n) is 18.4. The summed E-state index contributed by atoms with van der Waals surface area (Å²) in [5.41, 5.74) is 3.84. The van der Waals surface area contributed by atoms with E-state index in [9.17, 15) is 10.1 Å². The summed E-state index contributed by atoms with van der Waals surface area (Å²) in [5, 5.41) is 9.25. The summed E-state index contributed by atoms with van der Waals surface area (Å²) >= 11 is 0. The number of carbonyl (C=O) groups is 1. The smallest absolute Gasteiger partial charge is 0.320 e. The average Bonchev–Trinajstić information content (AvgIpc) is 3.34. The number of amides is 2. The maximum Gasteiger partial charge on any atom is 0.320 e. The normalized spacial score (nSPS) is 21.3. The summed E-state index contributed by atoms with van der Waals surface area (Å²) in [4.78, 5) is 26.9. The Bertz CT molecular complexity index is 1030. The van der Waals surface area contributed by atoms with E-state index in [1.54, 1.807) is 0 Å². The van der Waals surface area contributed by atoms with Crippen molar-refractivity contribution in [3.63, 3.8) is 0 Å². The molecule has 1 aromatic carbocycles. The van der Waals surface area contributed by atoms with Crippen LogP contribution in [0.1, 0.15) is 59.9 Å². The van der Waals surface area contributed by atoms with Crippen LogP contribution in [0.15, 0.2) is 30.5 Å². The van der Waals surface area contributed by atoms with Crippen molar-refractivity contribution in [3.05, 3.63) is 58.7 Å². The van der Waals surface area contributed by atoms with Crippen LogP contribution in [0.25, 0.3) is 0 Å². The highest BCUT2D eigenvalue weighted by Crippen LogP contribution is 2.34. The van der Waals surface area contributed by atoms with Gasteiger partial charge in [0, 0.05) is 38.9 Å². The van der Waals surface area contributed by atoms with Gasteiger partial charge in [0.15, 0.2) is 0 Å². The number of hydrogen-bond acceptors (Lipinski definition) is 5. The fourth-order valence-corrected chi connectivity index (χ4v) is 5.15. The van der Waals surface area contributed by atoms with Crippen LogP contribution >= 0.6 is 0 Å². The van der Waals surface area contributed by atoms with Crippen LogP contribution in [0, 0.1) is 17.2 Å². The molecule has 3 aliphatic rings. The maximum absolute atomic E-state index is 13.5. The molecule has 0 radical (unpaired) electrons. The molecular weight excluding hydrogens is 402 g/mol. The quantitative estimate of drug-likeness (QED) is 0.741. The third-order valence-corrected chi connectivity index (χ3v) is 6.98. The van der Waals surface area contributed by atoms with E-state index in [0.29, 0.717) is 24.6 Å². The highest BCUT2D eigenvalue weighted by Gasteiger charge is 2.34. The second kappa shape index (κ2) is 9.25. The molecule has 3 aliphatic heterocycles. The molecule has 0 aliphatic carbocycles. The number of carbonyl (C=O) groups excluding carboxylic acids is 1. The van der Waals surface area contributed by atoms with E-state index in [-0.39, 0.29) is 12.1 Å². The van der Waals surface area contributed by atoms with Gasteiger partial charge in [0.2, 0.25) is 0 Å². The molecule has 2 amide bonds. The Morgan fingerprint density at radius 3 is 2.94 bits per heavy atom. The van der Waals surface area contributed by atoms with Crippen molar-refractivity contribution in [1.29, 1.82) is 5.26 Å². The highest BCUT2D eigenvalue weighted by molar-refractivity contribution is 5.75. The second-order valence-electron chi connectivity index (χ2n) is 9.06. The summed E-state index contributed by atoms with van der Waals surface area (Å²) in [6.07, 6.45) is 7.68. The second-order valence-corrected chi connectivity index (χ2v) is 9.06. The van der Waals surface area contributed by atoms with Crippen molar-refractivity contribution < 1.29 is 9.53 Å². The van der Waals surface area contributed by atoms with Crippen molar-refractivity contribution >= 4 is 6.03 Å². The first-order valence-electron chi connectivity index (χ1n) is 11.7. The Labute approximate surface area is 189 Å². The molecule has 0 bridgehead atoms. The first-order chi connectivity index (χ1) is 15.7. The molecule has 1 unspecified atom stereocenters. The van der Waals surface area contributed by atoms with Gasteiger partial charge >= 0.3 is 6.03 Å². The van der Waals surface area contributed by atoms with Crippen molar-refractivity contribution in [3.8, 4) is 6.07 Å². The standard InChI is InChI=1S/C25H29N5O2/c26-15-19-3-1-4-20(13-19)23-5-2-9-30(23)25(31)29-10-6-21-16-27-24(28-22(21)17-29)14-18-7-11-32-12-8-18/h1,3-4,13,16,18,23H,2,5-12,14,17H2. The molecule has 7 nitrogen and oxygen atoms in total. The lowest BCUT2D eigenvalue weighted by atomic mass is 9.96. The SMILES string of the molecule is N#Cc1cccc(C2CCCN2C(=O)N2CCc3cnc(CC4CCOCC4)nc3C2)c1. The number of likely N-dealkylation sites (tertiary alicyclic amines) is 1. The lowest BCUT2D eigenvalue weighted by molar-refractivity contribution is 0.0659. The van der Waals surface area contributed by atoms with Crippen molar-refractivity contribution in [2.75, 3.05) is 26.3 Å². The minimum atomic E-state index is 0.0340. The van der Waals surface area contributed by atoms with Crippen LogP contribution in [0.4, 0.5) is 4.79 Å². The van der Waals surface area contributed by atoms with E-state index in [1.807, 2.05) is 40.3 Å². The monoisotopic (exact) mass is 431 g/mol. The summed E-state index contributed by atoms with van der Waals surface area (Å²) in [5.74, 6) is 1.47. The van der Waals surface area contributed by atoms with E-state index in [1.165, 1.54) is 0 Å². The highest BCUT2D eigenvalue weighted by atomic mass is 16.5. The summed E-state index contributed by atoms with van der Waals surface area (Å²) in [6, 6.07) is 9.97. The Balaban J connectivity index is 1.29. The fraction of sp³-hybridized carbons (Fsp3) is 0.520. The minimum absolute atomic E-state index is 0.0340. The Morgan fingerprint density at radius 2 is 2.09 bits per heavy atom. The zero-order chi connectivity index (χ0) is 21.9. The fourth-order valence-electron chi connectivity index (χ4n) is 5.15. The predicted molar refractivity (Wildman–Crippen MR) is 119 cm³/mol. The largest absolute Gasteiger partial charge is 0.381 e.